The molecular weight excluding hydrogens is 314 g/mol. The number of piperazine rings is 1. The molecular formula is C20H29N3O2. The molecule has 0 radical (unpaired) electrons. The van der Waals surface area contributed by atoms with E-state index in [0.717, 1.165) is 58.0 Å². The second kappa shape index (κ2) is 7.34. The van der Waals surface area contributed by atoms with E-state index in [1.807, 2.05) is 18.2 Å². The summed E-state index contributed by atoms with van der Waals surface area (Å²) in [5, 5.41) is 0. The zero-order chi connectivity index (χ0) is 17.2. The van der Waals surface area contributed by atoms with Crippen LogP contribution < -0.4 is 4.74 Å². The van der Waals surface area contributed by atoms with Crippen molar-refractivity contribution in [3.63, 3.8) is 0 Å². The molecule has 0 bridgehead atoms. The van der Waals surface area contributed by atoms with Gasteiger partial charge in [0.1, 0.15) is 12.4 Å². The molecule has 3 fully saturated rings. The van der Waals surface area contributed by atoms with Crippen molar-refractivity contribution < 1.29 is 9.53 Å². The molecule has 1 amide bonds. The number of para-hydroxylation sites is 1. The third-order valence-corrected chi connectivity index (χ3v) is 5.81. The van der Waals surface area contributed by atoms with Gasteiger partial charge in [0.15, 0.2) is 0 Å². The summed E-state index contributed by atoms with van der Waals surface area (Å²) in [5.74, 6) is 1.37. The molecule has 2 heterocycles. The van der Waals surface area contributed by atoms with E-state index in [1.54, 1.807) is 0 Å². The predicted molar refractivity (Wildman–Crippen MR) is 97.8 cm³/mol. The average Bonchev–Trinajstić information content (AvgIpc) is 3.40. The largest absolute Gasteiger partial charge is 0.492 e. The molecule has 5 heteroatoms. The molecule has 1 atom stereocenters. The number of hydrogen-bond acceptors (Lipinski definition) is 4. The van der Waals surface area contributed by atoms with Gasteiger partial charge < -0.3 is 9.64 Å². The van der Waals surface area contributed by atoms with Crippen LogP contribution in [-0.2, 0) is 4.79 Å². The molecule has 1 aromatic carbocycles. The van der Waals surface area contributed by atoms with Crippen LogP contribution in [0.4, 0.5) is 0 Å². The van der Waals surface area contributed by atoms with Crippen LogP contribution in [0.5, 0.6) is 5.75 Å². The van der Waals surface area contributed by atoms with Crippen molar-refractivity contribution in [3.8, 4) is 5.75 Å². The van der Waals surface area contributed by atoms with E-state index < -0.39 is 0 Å². The van der Waals surface area contributed by atoms with Crippen LogP contribution in [0.3, 0.4) is 0 Å². The Bertz CT molecular complexity index is 609. The van der Waals surface area contributed by atoms with E-state index in [2.05, 4.69) is 27.7 Å². The number of aryl methyl sites for hydroxylation is 1. The molecule has 3 aliphatic rings. The first-order chi connectivity index (χ1) is 12.2. The molecule has 136 valence electrons. The quantitative estimate of drug-likeness (QED) is 0.789. The Hall–Kier alpha value is -1.59. The van der Waals surface area contributed by atoms with Crippen molar-refractivity contribution >= 4 is 5.91 Å². The van der Waals surface area contributed by atoms with Crippen molar-refractivity contribution in [1.82, 2.24) is 14.7 Å². The minimum atomic E-state index is 0.144. The summed E-state index contributed by atoms with van der Waals surface area (Å²) in [4.78, 5) is 19.6. The maximum absolute atomic E-state index is 12.6. The summed E-state index contributed by atoms with van der Waals surface area (Å²) in [6, 6.07) is 8.88. The van der Waals surface area contributed by atoms with Crippen LogP contribution in [0.1, 0.15) is 24.8 Å². The van der Waals surface area contributed by atoms with Gasteiger partial charge in [-0.3, -0.25) is 14.6 Å². The van der Waals surface area contributed by atoms with E-state index in [0.29, 0.717) is 11.9 Å². The highest BCUT2D eigenvalue weighted by Gasteiger charge is 2.43. The van der Waals surface area contributed by atoms with Crippen LogP contribution >= 0.6 is 0 Å². The molecule has 1 aromatic rings. The van der Waals surface area contributed by atoms with Gasteiger partial charge in [-0.1, -0.05) is 18.2 Å². The summed E-state index contributed by atoms with van der Waals surface area (Å²) in [6.07, 6.45) is 3.45. The van der Waals surface area contributed by atoms with E-state index >= 15 is 0 Å². The number of likely N-dealkylation sites (tertiary alicyclic amines) is 1. The van der Waals surface area contributed by atoms with Crippen LogP contribution in [0.2, 0.25) is 0 Å². The average molecular weight is 343 g/mol. The summed E-state index contributed by atoms with van der Waals surface area (Å²) in [6.45, 7) is 8.79. The normalized spacial score (nSPS) is 25.6. The van der Waals surface area contributed by atoms with Gasteiger partial charge in [0, 0.05) is 45.3 Å². The minimum Gasteiger partial charge on any atom is -0.492 e. The number of carbonyl (C=O) groups is 1. The SMILES string of the molecule is Cc1ccccc1OCCN1CCN(C2CCN(C3CC3)C2=O)CC1. The van der Waals surface area contributed by atoms with Crippen molar-refractivity contribution in [2.45, 2.75) is 38.3 Å². The highest BCUT2D eigenvalue weighted by Crippen LogP contribution is 2.32. The standard InChI is InChI=1S/C20H29N3O2/c1-16-4-2-3-5-19(16)25-15-14-21-10-12-22(13-11-21)18-8-9-23(20(18)24)17-6-7-17/h2-5,17-18H,6-15H2,1H3. The molecule has 0 N–H and O–H groups in total. The van der Waals surface area contributed by atoms with Gasteiger partial charge in [0.05, 0.1) is 6.04 Å². The number of carbonyl (C=O) groups excluding carboxylic acids is 1. The van der Waals surface area contributed by atoms with Crippen molar-refractivity contribution in [1.29, 1.82) is 0 Å². The number of benzene rings is 1. The first-order valence-corrected chi connectivity index (χ1v) is 9.68. The number of hydrogen-bond donors (Lipinski definition) is 0. The Morgan fingerprint density at radius 3 is 2.52 bits per heavy atom. The molecule has 2 aliphatic heterocycles. The monoisotopic (exact) mass is 343 g/mol. The topological polar surface area (TPSA) is 36.0 Å². The van der Waals surface area contributed by atoms with Gasteiger partial charge in [0.2, 0.25) is 5.91 Å². The van der Waals surface area contributed by atoms with Gasteiger partial charge in [-0.2, -0.15) is 0 Å². The third kappa shape index (κ3) is 3.82. The van der Waals surface area contributed by atoms with Crippen molar-refractivity contribution in [2.75, 3.05) is 45.9 Å². The molecule has 1 aliphatic carbocycles. The van der Waals surface area contributed by atoms with E-state index in [4.69, 9.17) is 4.74 Å². The van der Waals surface area contributed by atoms with E-state index in [9.17, 15) is 4.79 Å². The van der Waals surface area contributed by atoms with Crippen LogP contribution in [-0.4, -0.2) is 78.6 Å². The van der Waals surface area contributed by atoms with Gasteiger partial charge in [0.25, 0.3) is 0 Å². The van der Waals surface area contributed by atoms with E-state index in [-0.39, 0.29) is 6.04 Å². The summed E-state index contributed by atoms with van der Waals surface area (Å²) in [7, 11) is 0. The fourth-order valence-electron chi connectivity index (χ4n) is 4.08. The van der Waals surface area contributed by atoms with Gasteiger partial charge >= 0.3 is 0 Å². The second-order valence-corrected chi connectivity index (χ2v) is 7.56. The highest BCUT2D eigenvalue weighted by molar-refractivity contribution is 5.84. The number of ether oxygens (including phenoxy) is 1. The first-order valence-electron chi connectivity index (χ1n) is 9.68. The fraction of sp³-hybridized carbons (Fsp3) is 0.650. The smallest absolute Gasteiger partial charge is 0.240 e. The number of amides is 1. The molecule has 0 aromatic heterocycles. The van der Waals surface area contributed by atoms with Crippen molar-refractivity contribution in [3.05, 3.63) is 29.8 Å². The summed E-state index contributed by atoms with van der Waals surface area (Å²) in [5.41, 5.74) is 1.19. The molecule has 4 rings (SSSR count). The molecule has 2 saturated heterocycles. The maximum atomic E-state index is 12.6. The molecule has 1 unspecified atom stereocenters. The van der Waals surface area contributed by atoms with Crippen LogP contribution in [0, 0.1) is 6.92 Å². The van der Waals surface area contributed by atoms with Gasteiger partial charge in [-0.25, -0.2) is 0 Å². The highest BCUT2D eigenvalue weighted by atomic mass is 16.5. The van der Waals surface area contributed by atoms with Gasteiger partial charge in [-0.15, -0.1) is 0 Å². The molecule has 0 spiro atoms. The second-order valence-electron chi connectivity index (χ2n) is 7.56. The summed E-state index contributed by atoms with van der Waals surface area (Å²) < 4.78 is 5.91. The Balaban J connectivity index is 1.20. The lowest BCUT2D eigenvalue weighted by Crippen LogP contribution is -2.53. The Labute approximate surface area is 150 Å². The molecule has 1 saturated carbocycles. The maximum Gasteiger partial charge on any atom is 0.240 e. The molecule has 25 heavy (non-hydrogen) atoms. The zero-order valence-electron chi connectivity index (χ0n) is 15.2. The lowest BCUT2D eigenvalue weighted by atomic mass is 10.2. The van der Waals surface area contributed by atoms with Gasteiger partial charge in [-0.05, 0) is 37.8 Å². The Kier molecular flexibility index (Phi) is 4.95. The first kappa shape index (κ1) is 16.9. The van der Waals surface area contributed by atoms with Crippen LogP contribution in [0.25, 0.3) is 0 Å². The van der Waals surface area contributed by atoms with Crippen molar-refractivity contribution in [2.24, 2.45) is 0 Å². The fourth-order valence-corrected chi connectivity index (χ4v) is 4.08. The summed E-state index contributed by atoms with van der Waals surface area (Å²) >= 11 is 0. The minimum absolute atomic E-state index is 0.144. The van der Waals surface area contributed by atoms with E-state index in [1.165, 1.54) is 18.4 Å². The zero-order valence-corrected chi connectivity index (χ0v) is 15.2. The lowest BCUT2D eigenvalue weighted by Gasteiger charge is -2.37. The number of rotatable bonds is 6. The lowest BCUT2D eigenvalue weighted by molar-refractivity contribution is -0.133. The third-order valence-electron chi connectivity index (χ3n) is 5.81. The Morgan fingerprint density at radius 2 is 1.80 bits per heavy atom. The molecule has 5 nitrogen and oxygen atoms in total. The number of nitrogens with zero attached hydrogens (tertiary/aromatic N) is 3. The predicted octanol–water partition coefficient (Wildman–Crippen LogP) is 1.75. The Morgan fingerprint density at radius 1 is 1.04 bits per heavy atom. The van der Waals surface area contributed by atoms with Crippen LogP contribution in [0.15, 0.2) is 24.3 Å².